The normalized spacial score (nSPS) is 12.0. The summed E-state index contributed by atoms with van der Waals surface area (Å²) in [6.07, 6.45) is 4.34. The molecule has 11 heteroatoms. The maximum absolute atomic E-state index is 12.6. The molecule has 0 saturated heterocycles. The lowest BCUT2D eigenvalue weighted by Gasteiger charge is -2.05. The number of anilines is 1. The molecule has 0 bridgehead atoms. The minimum Gasteiger partial charge on any atom is -0.342 e. The van der Waals surface area contributed by atoms with Crippen molar-refractivity contribution in [2.75, 3.05) is 11.6 Å². The van der Waals surface area contributed by atoms with E-state index in [4.69, 9.17) is 11.6 Å². The fourth-order valence-electron chi connectivity index (χ4n) is 3.19. The number of carbonyl (C=O) groups is 1. The Balaban J connectivity index is 1.65. The lowest BCUT2D eigenvalue weighted by Crippen LogP contribution is -2.13. The Morgan fingerprint density at radius 3 is 2.64 bits per heavy atom. The predicted molar refractivity (Wildman–Crippen MR) is 128 cm³/mol. The average molecular weight is 498 g/mol. The van der Waals surface area contributed by atoms with Crippen molar-refractivity contribution in [2.24, 2.45) is 0 Å². The molecule has 1 N–H and O–H groups in total. The molecule has 0 atom stereocenters. The summed E-state index contributed by atoms with van der Waals surface area (Å²) in [5, 5.41) is 13.2. The lowest BCUT2D eigenvalue weighted by atomic mass is 10.1. The van der Waals surface area contributed by atoms with Crippen LogP contribution in [-0.4, -0.2) is 34.5 Å². The van der Waals surface area contributed by atoms with Gasteiger partial charge in [-0.25, -0.2) is 8.42 Å². The molecule has 0 aliphatic carbocycles. The quantitative estimate of drug-likeness (QED) is 0.316. The van der Waals surface area contributed by atoms with Crippen molar-refractivity contribution < 1.29 is 13.2 Å². The number of nitrogens with zero attached hydrogens (tertiary/aromatic N) is 4. The maximum atomic E-state index is 12.6. The fraction of sp³-hybridized carbons (Fsp3) is 0.0909. The molecule has 2 aromatic heterocycles. The Labute approximate surface area is 198 Å². The van der Waals surface area contributed by atoms with Crippen LogP contribution in [0.25, 0.3) is 17.0 Å². The zero-order valence-electron chi connectivity index (χ0n) is 17.2. The monoisotopic (exact) mass is 497 g/mol. The van der Waals surface area contributed by atoms with Crippen molar-refractivity contribution in [1.29, 1.82) is 5.26 Å². The number of amides is 1. The van der Waals surface area contributed by atoms with Crippen LogP contribution in [0.4, 0.5) is 5.13 Å². The van der Waals surface area contributed by atoms with Crippen LogP contribution in [0.5, 0.6) is 0 Å². The number of fused-ring (bicyclic) bond motifs is 1. The summed E-state index contributed by atoms with van der Waals surface area (Å²) in [7, 11) is -3.59. The number of nitriles is 1. The molecule has 8 nitrogen and oxygen atoms in total. The van der Waals surface area contributed by atoms with E-state index in [9.17, 15) is 18.5 Å². The van der Waals surface area contributed by atoms with Gasteiger partial charge in [0.1, 0.15) is 11.6 Å². The Bertz CT molecular complexity index is 1530. The molecule has 2 aromatic carbocycles. The highest BCUT2D eigenvalue weighted by Gasteiger charge is 2.18. The average Bonchev–Trinajstić information content (AvgIpc) is 3.39. The second kappa shape index (κ2) is 9.15. The summed E-state index contributed by atoms with van der Waals surface area (Å²) in [6, 6.07) is 17.1. The standard InChI is InChI=1S/C22H16ClN5O3S2/c1-33(30,31)22-26-21(32-27-22)25-20(29)15(11-24)10-16-13-28(19-5-3-2-4-18(16)19)12-14-6-8-17(23)9-7-14/h2-10,13H,12H2,1H3,(H,25,26,27,29). The number of hydrogen-bond acceptors (Lipinski definition) is 7. The Hall–Kier alpha value is -3.52. The zero-order chi connectivity index (χ0) is 23.6. The van der Waals surface area contributed by atoms with Crippen LogP contribution in [-0.2, 0) is 21.2 Å². The van der Waals surface area contributed by atoms with E-state index in [1.165, 1.54) is 6.08 Å². The number of rotatable bonds is 6. The summed E-state index contributed by atoms with van der Waals surface area (Å²) >= 11 is 6.70. The van der Waals surface area contributed by atoms with Gasteiger partial charge >= 0.3 is 0 Å². The summed E-state index contributed by atoms with van der Waals surface area (Å²) in [5.74, 6) is -0.705. The van der Waals surface area contributed by atoms with Crippen molar-refractivity contribution in [3.63, 3.8) is 0 Å². The number of nitrogens with one attached hydrogen (secondary N) is 1. The fourth-order valence-corrected chi connectivity index (χ4v) is 4.75. The molecule has 0 aliphatic heterocycles. The van der Waals surface area contributed by atoms with Crippen molar-refractivity contribution in [2.45, 2.75) is 11.7 Å². The zero-order valence-corrected chi connectivity index (χ0v) is 19.6. The summed E-state index contributed by atoms with van der Waals surface area (Å²) in [6.45, 7) is 0.582. The number of halogens is 1. The highest BCUT2D eigenvalue weighted by Crippen LogP contribution is 2.25. The number of carbonyl (C=O) groups excluding carboxylic acids is 1. The number of aromatic nitrogens is 3. The second-order valence-corrected chi connectivity index (χ2v) is 10.2. The molecule has 166 valence electrons. The van der Waals surface area contributed by atoms with Crippen LogP contribution in [0.1, 0.15) is 11.1 Å². The van der Waals surface area contributed by atoms with Crippen molar-refractivity contribution in [3.8, 4) is 6.07 Å². The van der Waals surface area contributed by atoms with E-state index < -0.39 is 15.7 Å². The Kier molecular flexibility index (Phi) is 6.29. The first kappa shape index (κ1) is 22.7. The van der Waals surface area contributed by atoms with E-state index >= 15 is 0 Å². The molecule has 4 aromatic rings. The molecule has 1 amide bonds. The highest BCUT2D eigenvalue weighted by molar-refractivity contribution is 7.90. The topological polar surface area (TPSA) is 118 Å². The predicted octanol–water partition coefficient (Wildman–Crippen LogP) is 4.14. The number of para-hydroxylation sites is 1. The molecule has 0 radical (unpaired) electrons. The minimum absolute atomic E-state index is 0.00765. The first-order chi connectivity index (χ1) is 15.7. The highest BCUT2D eigenvalue weighted by atomic mass is 35.5. The third-order valence-electron chi connectivity index (χ3n) is 4.71. The molecule has 0 fully saturated rings. The molecular formula is C22H16ClN5O3S2. The van der Waals surface area contributed by atoms with E-state index in [1.54, 1.807) is 0 Å². The second-order valence-electron chi connectivity index (χ2n) is 7.13. The summed E-state index contributed by atoms with van der Waals surface area (Å²) in [5.41, 5.74) is 2.53. The molecule has 0 aliphatic rings. The van der Waals surface area contributed by atoms with E-state index in [-0.39, 0.29) is 15.9 Å². The third-order valence-corrected chi connectivity index (χ3v) is 6.55. The van der Waals surface area contributed by atoms with Crippen LogP contribution < -0.4 is 5.32 Å². The van der Waals surface area contributed by atoms with Crippen molar-refractivity contribution in [3.05, 3.63) is 76.5 Å². The van der Waals surface area contributed by atoms with Crippen LogP contribution in [0.15, 0.2) is 65.5 Å². The van der Waals surface area contributed by atoms with Crippen LogP contribution in [0, 0.1) is 11.3 Å². The molecular weight excluding hydrogens is 482 g/mol. The molecule has 0 unspecified atom stereocenters. The molecule has 33 heavy (non-hydrogen) atoms. The Morgan fingerprint density at radius 1 is 1.24 bits per heavy atom. The van der Waals surface area contributed by atoms with Gasteiger partial charge < -0.3 is 4.57 Å². The number of sulfone groups is 1. The van der Waals surface area contributed by atoms with Crippen LogP contribution in [0.2, 0.25) is 5.02 Å². The van der Waals surface area contributed by atoms with Gasteiger partial charge in [0.25, 0.3) is 11.1 Å². The first-order valence-corrected chi connectivity index (χ1v) is 12.6. The SMILES string of the molecule is CS(=O)(=O)c1nsc(NC(=O)C(C#N)=Cc2cn(Cc3ccc(Cl)cc3)c3ccccc23)n1. The Morgan fingerprint density at radius 2 is 1.97 bits per heavy atom. The van der Waals surface area contributed by atoms with Gasteiger partial charge in [-0.05, 0) is 29.8 Å². The van der Waals surface area contributed by atoms with Crippen LogP contribution in [0.3, 0.4) is 0 Å². The van der Waals surface area contributed by atoms with E-state index in [2.05, 4.69) is 14.7 Å². The summed E-state index contributed by atoms with van der Waals surface area (Å²) in [4.78, 5) is 16.4. The first-order valence-electron chi connectivity index (χ1n) is 9.54. The maximum Gasteiger partial charge on any atom is 0.268 e. The largest absolute Gasteiger partial charge is 0.342 e. The molecule has 2 heterocycles. The smallest absolute Gasteiger partial charge is 0.268 e. The number of benzene rings is 2. The summed E-state index contributed by atoms with van der Waals surface area (Å²) < 4.78 is 28.8. The van der Waals surface area contributed by atoms with Gasteiger partial charge in [-0.3, -0.25) is 10.1 Å². The molecule has 4 rings (SSSR count). The number of hydrogen-bond donors (Lipinski definition) is 1. The van der Waals surface area contributed by atoms with Gasteiger partial charge in [-0.2, -0.15) is 14.6 Å². The van der Waals surface area contributed by atoms with E-state index in [0.717, 1.165) is 34.3 Å². The van der Waals surface area contributed by atoms with Crippen molar-refractivity contribution in [1.82, 2.24) is 13.9 Å². The van der Waals surface area contributed by atoms with Crippen molar-refractivity contribution >= 4 is 61.0 Å². The third kappa shape index (κ3) is 5.12. The molecule has 0 saturated carbocycles. The van der Waals surface area contributed by atoms with Gasteiger partial charge in [0.2, 0.25) is 15.0 Å². The van der Waals surface area contributed by atoms with Gasteiger partial charge in [0, 0.05) is 52.0 Å². The molecule has 0 spiro atoms. The van der Waals surface area contributed by atoms with Gasteiger partial charge in [-0.15, -0.1) is 0 Å². The van der Waals surface area contributed by atoms with E-state index in [1.807, 2.05) is 65.4 Å². The minimum atomic E-state index is -3.59. The van der Waals surface area contributed by atoms with Gasteiger partial charge in [0.15, 0.2) is 0 Å². The van der Waals surface area contributed by atoms with Gasteiger partial charge in [0.05, 0.1) is 0 Å². The van der Waals surface area contributed by atoms with Crippen LogP contribution >= 0.6 is 23.1 Å². The van der Waals surface area contributed by atoms with Gasteiger partial charge in [-0.1, -0.05) is 41.9 Å². The lowest BCUT2D eigenvalue weighted by molar-refractivity contribution is -0.112. The van der Waals surface area contributed by atoms with E-state index in [0.29, 0.717) is 17.1 Å².